The van der Waals surface area contributed by atoms with Crippen LogP contribution in [0.15, 0.2) is 51.3 Å². The molecule has 5 heterocycles. The number of benzene rings is 2. The summed E-state index contributed by atoms with van der Waals surface area (Å²) in [5.41, 5.74) is 2.31. The molecule has 13 nitrogen and oxygen atoms in total. The van der Waals surface area contributed by atoms with Crippen LogP contribution in [0.3, 0.4) is 0 Å². The molecule has 2 unspecified atom stereocenters. The Hall–Kier alpha value is -5.17. The Morgan fingerprint density at radius 2 is 1.83 bits per heavy atom. The van der Waals surface area contributed by atoms with Gasteiger partial charge in [0.2, 0.25) is 23.6 Å². The van der Waals surface area contributed by atoms with Gasteiger partial charge in [0.15, 0.2) is 23.4 Å². The van der Waals surface area contributed by atoms with E-state index in [1.54, 1.807) is 20.8 Å². The van der Waals surface area contributed by atoms with E-state index in [0.717, 1.165) is 22.4 Å². The number of nitrogens with one attached hydrogen (secondary N) is 3. The van der Waals surface area contributed by atoms with Gasteiger partial charge in [0, 0.05) is 17.7 Å². The molecule has 0 saturated heterocycles. The van der Waals surface area contributed by atoms with Gasteiger partial charge in [0.25, 0.3) is 0 Å². The summed E-state index contributed by atoms with van der Waals surface area (Å²) in [5.74, 6) is -0.951. The van der Waals surface area contributed by atoms with Crippen molar-refractivity contribution in [3.05, 3.63) is 82.3 Å². The zero-order valence-electron chi connectivity index (χ0n) is 27.4. The van der Waals surface area contributed by atoms with Crippen LogP contribution in [0.4, 0.5) is 5.69 Å². The normalized spacial score (nSPS) is 22.9. The first-order valence-corrected chi connectivity index (χ1v) is 16.0. The largest absolute Gasteiger partial charge is 0.469 e. The van der Waals surface area contributed by atoms with Crippen LogP contribution < -0.4 is 20.7 Å². The summed E-state index contributed by atoms with van der Waals surface area (Å²) in [7, 11) is 1.27. The molecule has 3 aliphatic heterocycles. The third-order valence-corrected chi connectivity index (χ3v) is 9.33. The number of ether oxygens (including phenoxy) is 2. The summed E-state index contributed by atoms with van der Waals surface area (Å²) < 4.78 is 24.4. The maximum atomic E-state index is 14.0. The average Bonchev–Trinajstić information content (AvgIpc) is 3.81. The predicted molar refractivity (Wildman–Crippen MR) is 171 cm³/mol. The summed E-state index contributed by atoms with van der Waals surface area (Å²) in [6.07, 6.45) is -1.83. The Morgan fingerprint density at radius 1 is 1.06 bits per heavy atom. The topological polar surface area (TPSA) is 178 Å². The molecule has 0 radical (unpaired) electrons. The second-order valence-corrected chi connectivity index (χ2v) is 13.2. The molecule has 7 rings (SSSR count). The van der Waals surface area contributed by atoms with Gasteiger partial charge in [-0.05, 0) is 42.0 Å². The first kappa shape index (κ1) is 31.4. The summed E-state index contributed by atoms with van der Waals surface area (Å²) in [6.45, 7) is 8.89. The lowest BCUT2D eigenvalue weighted by Gasteiger charge is -2.29. The average molecular weight is 656 g/mol. The number of hydrogen-bond acceptors (Lipinski definition) is 11. The minimum atomic E-state index is -1.30. The molecule has 13 heteroatoms. The third kappa shape index (κ3) is 4.75. The van der Waals surface area contributed by atoms with Crippen LogP contribution in [0.25, 0.3) is 11.6 Å². The molecule has 4 aromatic rings. The summed E-state index contributed by atoms with van der Waals surface area (Å²) >= 11 is 0. The molecule has 0 fully saturated rings. The Bertz CT molecular complexity index is 1950. The minimum absolute atomic E-state index is 0.00107. The van der Waals surface area contributed by atoms with Crippen molar-refractivity contribution in [2.24, 2.45) is 11.8 Å². The van der Waals surface area contributed by atoms with E-state index in [2.05, 4.69) is 20.9 Å². The van der Waals surface area contributed by atoms with Gasteiger partial charge in [-0.15, -0.1) is 0 Å². The number of esters is 1. The number of nitrogens with zero attached hydrogens (tertiary/aromatic N) is 2. The molecule has 2 aromatic heterocycles. The quantitative estimate of drug-likeness (QED) is 0.222. The highest BCUT2D eigenvalue weighted by molar-refractivity contribution is 5.90. The highest BCUT2D eigenvalue weighted by Crippen LogP contribution is 2.59. The van der Waals surface area contributed by atoms with Gasteiger partial charge in [-0.3, -0.25) is 9.59 Å². The summed E-state index contributed by atoms with van der Waals surface area (Å²) in [4.78, 5) is 49.1. The molecule has 4 bridgehead atoms. The number of aliphatic hydroxyl groups is 1. The van der Waals surface area contributed by atoms with Gasteiger partial charge in [-0.2, -0.15) is 0 Å². The van der Waals surface area contributed by atoms with Gasteiger partial charge < -0.3 is 39.4 Å². The molecule has 4 N–H and O–H groups in total. The van der Waals surface area contributed by atoms with Crippen molar-refractivity contribution in [1.82, 2.24) is 20.6 Å². The number of para-hydroxylation sites is 1. The number of amides is 2. The van der Waals surface area contributed by atoms with Crippen molar-refractivity contribution in [2.75, 3.05) is 12.4 Å². The molecule has 0 aliphatic carbocycles. The zero-order chi connectivity index (χ0) is 34.1. The molecule has 2 amide bonds. The van der Waals surface area contributed by atoms with Crippen LogP contribution >= 0.6 is 0 Å². The van der Waals surface area contributed by atoms with Crippen molar-refractivity contribution < 1.29 is 37.8 Å². The first-order chi connectivity index (χ1) is 22.9. The fourth-order valence-electron chi connectivity index (χ4n) is 6.79. The molecule has 2 aromatic carbocycles. The Labute approximate surface area is 276 Å². The number of anilines is 1. The molecule has 5 atom stereocenters. The zero-order valence-corrected chi connectivity index (χ0v) is 27.4. The number of rotatable bonds is 6. The third-order valence-electron chi connectivity index (χ3n) is 9.33. The van der Waals surface area contributed by atoms with E-state index < -0.39 is 47.6 Å². The summed E-state index contributed by atoms with van der Waals surface area (Å²) in [6, 6.07) is 11.6. The number of carbonyl (C=O) groups excluding carboxylic acids is 3. The Balaban J connectivity index is 1.49. The maximum Gasteiger partial charge on any atom is 0.360 e. The summed E-state index contributed by atoms with van der Waals surface area (Å²) in [5, 5.41) is 19.8. The van der Waals surface area contributed by atoms with Crippen LogP contribution in [0.2, 0.25) is 0 Å². The van der Waals surface area contributed by atoms with Gasteiger partial charge in [0.1, 0.15) is 35.1 Å². The molecular formula is C35H37N5O8. The van der Waals surface area contributed by atoms with Crippen LogP contribution in [0.1, 0.15) is 78.3 Å². The number of fused-ring (bicyclic) bond motifs is 4. The predicted octanol–water partition coefficient (Wildman–Crippen LogP) is 3.77. The van der Waals surface area contributed by atoms with Crippen LogP contribution in [0, 0.1) is 18.8 Å². The first-order valence-electron chi connectivity index (χ1n) is 16.0. The van der Waals surface area contributed by atoms with Gasteiger partial charge >= 0.3 is 5.97 Å². The lowest BCUT2D eigenvalue weighted by molar-refractivity contribution is -0.135. The fraction of sp³-hybridized carbons (Fsp3) is 0.400. The van der Waals surface area contributed by atoms with Crippen molar-refractivity contribution >= 4 is 23.5 Å². The number of methoxy groups -OCH3 is 1. The number of aryl methyl sites for hydroxylation is 1. The SMILES string of the molecule is COC(=O)c1nc(-c2nc3oc2C24c5ccccc5N[C@H]2Oc2ccc(cc24)CC(NC(=O)[C@@H](O)C(C)C)C(=O)N[C@H]3C(C)C)oc1C. The number of oxazole rings is 2. The minimum Gasteiger partial charge on any atom is -0.469 e. The van der Waals surface area contributed by atoms with Crippen molar-refractivity contribution in [3.63, 3.8) is 0 Å². The molecule has 3 aliphatic rings. The van der Waals surface area contributed by atoms with E-state index in [9.17, 15) is 19.5 Å². The van der Waals surface area contributed by atoms with Crippen molar-refractivity contribution in [1.29, 1.82) is 0 Å². The highest BCUT2D eigenvalue weighted by Gasteiger charge is 2.61. The van der Waals surface area contributed by atoms with E-state index in [4.69, 9.17) is 23.3 Å². The number of hydrogen-bond donors (Lipinski definition) is 4. The van der Waals surface area contributed by atoms with Crippen LogP contribution in [-0.4, -0.2) is 58.3 Å². The van der Waals surface area contributed by atoms with Gasteiger partial charge in [-0.1, -0.05) is 58.0 Å². The fourth-order valence-corrected chi connectivity index (χ4v) is 6.79. The number of aromatic nitrogens is 2. The van der Waals surface area contributed by atoms with Crippen molar-refractivity contribution in [2.45, 2.75) is 70.9 Å². The second kappa shape index (κ2) is 11.5. The smallest absolute Gasteiger partial charge is 0.360 e. The Kier molecular flexibility index (Phi) is 7.54. The van der Waals surface area contributed by atoms with E-state index in [1.165, 1.54) is 7.11 Å². The highest BCUT2D eigenvalue weighted by atomic mass is 16.5. The van der Waals surface area contributed by atoms with Crippen LogP contribution in [0.5, 0.6) is 5.75 Å². The van der Waals surface area contributed by atoms with Gasteiger partial charge in [-0.25, -0.2) is 14.8 Å². The van der Waals surface area contributed by atoms with E-state index >= 15 is 0 Å². The molecule has 0 saturated carbocycles. The standard InChI is InChI=1S/C35H37N5O8/c1-15(2)24-31-40-26(32-39-25(17(5)46-32)33(44)45-6)28(48-31)35-19-9-7-8-10-21(19)37-34(35)47-23-12-11-18(13-20(23)35)14-22(29(42)38-24)36-30(43)27(41)16(3)4/h7-13,15-16,22,24,27,34,37,41H,14H2,1-6H3,(H,36,43)(H,38,42)/t22?,24-,27-,34-,35?/m0/s1. The molecule has 48 heavy (non-hydrogen) atoms. The van der Waals surface area contributed by atoms with Crippen molar-refractivity contribution in [3.8, 4) is 17.3 Å². The van der Waals surface area contributed by atoms with E-state index in [-0.39, 0.29) is 47.2 Å². The number of aliphatic hydroxyl groups excluding tert-OH is 1. The van der Waals surface area contributed by atoms with Crippen LogP contribution in [-0.2, 0) is 26.2 Å². The van der Waals surface area contributed by atoms with Gasteiger partial charge in [0.05, 0.1) is 7.11 Å². The number of carbonyl (C=O) groups is 3. The van der Waals surface area contributed by atoms with E-state index in [0.29, 0.717) is 11.5 Å². The molecule has 250 valence electrons. The lowest BCUT2D eigenvalue weighted by atomic mass is 9.72. The Morgan fingerprint density at radius 3 is 2.56 bits per heavy atom. The monoisotopic (exact) mass is 655 g/mol. The second-order valence-electron chi connectivity index (χ2n) is 13.2. The molecular weight excluding hydrogens is 618 g/mol. The van der Waals surface area contributed by atoms with E-state index in [1.807, 2.05) is 56.3 Å². The maximum absolute atomic E-state index is 14.0. The lowest BCUT2D eigenvalue weighted by Crippen LogP contribution is -2.52. The molecule has 1 spiro atoms.